The van der Waals surface area contributed by atoms with Crippen molar-refractivity contribution in [2.45, 2.75) is 26.4 Å². The van der Waals surface area contributed by atoms with Crippen molar-refractivity contribution in [1.82, 2.24) is 20.1 Å². The zero-order valence-electron chi connectivity index (χ0n) is 16.5. The molecule has 0 aromatic carbocycles. The molecule has 4 N–H and O–H groups in total. The predicted molar refractivity (Wildman–Crippen MR) is 111 cm³/mol. The molecule has 0 saturated carbocycles. The summed E-state index contributed by atoms with van der Waals surface area (Å²) in [7, 11) is 0. The molecule has 0 radical (unpaired) electrons. The summed E-state index contributed by atoms with van der Waals surface area (Å²) < 4.78 is 4.88. The van der Waals surface area contributed by atoms with Crippen LogP contribution in [0.1, 0.15) is 20.8 Å². The molecule has 9 nitrogen and oxygen atoms in total. The Balaban J connectivity index is 1.82. The lowest BCUT2D eigenvalue weighted by atomic mass is 10.1. The van der Waals surface area contributed by atoms with Crippen LogP contribution < -0.4 is 11.1 Å². The molecule has 3 aromatic rings. The van der Waals surface area contributed by atoms with E-state index in [0.29, 0.717) is 40.1 Å². The second-order valence-electron chi connectivity index (χ2n) is 6.98. The average molecular weight is 393 g/mol. The van der Waals surface area contributed by atoms with Crippen LogP contribution in [0.4, 0.5) is 5.95 Å². The summed E-state index contributed by atoms with van der Waals surface area (Å²) in [5.41, 5.74) is 8.64. The maximum Gasteiger partial charge on any atom is 0.227 e. The first kappa shape index (κ1) is 20.2. The number of anilines is 1. The molecule has 0 spiro atoms. The van der Waals surface area contributed by atoms with Gasteiger partial charge >= 0.3 is 0 Å². The van der Waals surface area contributed by atoms with E-state index in [9.17, 15) is 5.11 Å². The van der Waals surface area contributed by atoms with E-state index in [4.69, 9.17) is 10.3 Å². The van der Waals surface area contributed by atoms with Gasteiger partial charge in [0.2, 0.25) is 5.95 Å². The van der Waals surface area contributed by atoms with Crippen molar-refractivity contribution in [3.63, 3.8) is 0 Å². The molecule has 0 amide bonds. The SMILES string of the molecule is CC(=NCC(C)(C)O)/C(=C\N)Nc1nccc(-c2cccc(-c3ccon3)n2)n1. The quantitative estimate of drug-likeness (QED) is 0.521. The Morgan fingerprint density at radius 2 is 1.90 bits per heavy atom. The summed E-state index contributed by atoms with van der Waals surface area (Å²) in [5, 5.41) is 16.8. The van der Waals surface area contributed by atoms with Crippen LogP contribution in [0.15, 0.2) is 64.2 Å². The van der Waals surface area contributed by atoms with Crippen LogP contribution >= 0.6 is 0 Å². The maximum atomic E-state index is 9.84. The van der Waals surface area contributed by atoms with E-state index in [0.717, 1.165) is 0 Å². The predicted octanol–water partition coefficient (Wildman–Crippen LogP) is 2.64. The standard InChI is InChI=1S/C20H23N7O2/c1-13(23-12-20(2,3)28)18(11-21)26-19-22-9-7-16(25-19)14-5-4-6-15(24-14)17-8-10-29-27-17/h4-11,28H,12,21H2,1-3H3,(H,22,25,26)/b18-11+,23-13?. The van der Waals surface area contributed by atoms with Crippen LogP contribution in [-0.4, -0.2) is 43.1 Å². The highest BCUT2D eigenvalue weighted by Gasteiger charge is 2.13. The molecule has 0 bridgehead atoms. The van der Waals surface area contributed by atoms with Crippen LogP contribution in [0.25, 0.3) is 22.8 Å². The number of nitrogens with two attached hydrogens (primary N) is 1. The molecule has 0 aliphatic heterocycles. The van der Waals surface area contributed by atoms with Crippen molar-refractivity contribution in [2.24, 2.45) is 10.7 Å². The molecule has 3 rings (SSSR count). The van der Waals surface area contributed by atoms with Crippen molar-refractivity contribution in [3.8, 4) is 22.8 Å². The number of allylic oxidation sites excluding steroid dienone is 1. The number of pyridine rings is 1. The minimum absolute atomic E-state index is 0.248. The summed E-state index contributed by atoms with van der Waals surface area (Å²) in [6.45, 7) is 5.42. The second-order valence-corrected chi connectivity index (χ2v) is 6.98. The van der Waals surface area contributed by atoms with Gasteiger partial charge in [-0.2, -0.15) is 0 Å². The molecule has 0 atom stereocenters. The van der Waals surface area contributed by atoms with E-state index in [1.54, 1.807) is 39.1 Å². The fourth-order valence-electron chi connectivity index (χ4n) is 2.40. The third kappa shape index (κ3) is 5.45. The van der Waals surface area contributed by atoms with Crippen molar-refractivity contribution >= 4 is 11.7 Å². The van der Waals surface area contributed by atoms with Gasteiger partial charge in [0, 0.05) is 18.5 Å². The molecule has 3 heterocycles. The van der Waals surface area contributed by atoms with Crippen LogP contribution in [0, 0.1) is 0 Å². The molecule has 0 aliphatic carbocycles. The first-order chi connectivity index (χ1) is 13.9. The Morgan fingerprint density at radius 1 is 1.17 bits per heavy atom. The first-order valence-corrected chi connectivity index (χ1v) is 9.00. The Labute approximate surface area is 168 Å². The van der Waals surface area contributed by atoms with Gasteiger partial charge in [-0.1, -0.05) is 11.2 Å². The lowest BCUT2D eigenvalue weighted by molar-refractivity contribution is 0.0904. The van der Waals surface area contributed by atoms with E-state index in [1.165, 1.54) is 12.5 Å². The van der Waals surface area contributed by atoms with E-state index in [2.05, 4.69) is 30.4 Å². The summed E-state index contributed by atoms with van der Waals surface area (Å²) in [6, 6.07) is 9.08. The van der Waals surface area contributed by atoms with Crippen LogP contribution in [0.2, 0.25) is 0 Å². The fourth-order valence-corrected chi connectivity index (χ4v) is 2.40. The zero-order valence-corrected chi connectivity index (χ0v) is 16.5. The first-order valence-electron chi connectivity index (χ1n) is 9.00. The highest BCUT2D eigenvalue weighted by atomic mass is 16.5. The highest BCUT2D eigenvalue weighted by molar-refractivity contribution is 6.00. The molecule has 150 valence electrons. The zero-order chi connectivity index (χ0) is 20.9. The Hall–Kier alpha value is -3.59. The lowest BCUT2D eigenvalue weighted by Gasteiger charge is -2.15. The largest absolute Gasteiger partial charge is 0.403 e. The molecular formula is C20H23N7O2. The number of nitrogens with one attached hydrogen (secondary N) is 1. The van der Waals surface area contributed by atoms with Crippen molar-refractivity contribution < 1.29 is 9.63 Å². The highest BCUT2D eigenvalue weighted by Crippen LogP contribution is 2.21. The maximum absolute atomic E-state index is 9.84. The molecule has 0 fully saturated rings. The van der Waals surface area contributed by atoms with E-state index < -0.39 is 5.60 Å². The minimum atomic E-state index is -0.905. The summed E-state index contributed by atoms with van der Waals surface area (Å²) in [4.78, 5) is 17.7. The van der Waals surface area contributed by atoms with E-state index in [-0.39, 0.29) is 6.54 Å². The Bertz CT molecular complexity index is 1020. The fraction of sp³-hybridized carbons (Fsp3) is 0.250. The summed E-state index contributed by atoms with van der Waals surface area (Å²) in [5.74, 6) is 0.352. The van der Waals surface area contributed by atoms with Gasteiger partial charge in [0.1, 0.15) is 12.0 Å². The lowest BCUT2D eigenvalue weighted by Crippen LogP contribution is -2.24. The van der Waals surface area contributed by atoms with Crippen LogP contribution in [-0.2, 0) is 0 Å². The van der Waals surface area contributed by atoms with Crippen molar-refractivity contribution in [1.29, 1.82) is 0 Å². The molecule has 0 aliphatic rings. The van der Waals surface area contributed by atoms with Gasteiger partial charge in [0.25, 0.3) is 0 Å². The smallest absolute Gasteiger partial charge is 0.227 e. The average Bonchev–Trinajstić information content (AvgIpc) is 3.25. The van der Waals surface area contributed by atoms with Crippen molar-refractivity contribution in [2.75, 3.05) is 11.9 Å². The molecule has 0 unspecified atom stereocenters. The number of nitrogens with zero attached hydrogens (tertiary/aromatic N) is 5. The second kappa shape index (κ2) is 8.61. The van der Waals surface area contributed by atoms with Gasteiger partial charge < -0.3 is 20.7 Å². The number of aliphatic hydroxyl groups is 1. The van der Waals surface area contributed by atoms with Gasteiger partial charge in [0.05, 0.1) is 40.6 Å². The van der Waals surface area contributed by atoms with Crippen LogP contribution in [0.5, 0.6) is 0 Å². The Kier molecular flexibility index (Phi) is 5.99. The molecule has 9 heteroatoms. The van der Waals surface area contributed by atoms with E-state index >= 15 is 0 Å². The van der Waals surface area contributed by atoms with Gasteiger partial charge in [-0.3, -0.25) is 4.99 Å². The number of hydrogen-bond donors (Lipinski definition) is 3. The van der Waals surface area contributed by atoms with Crippen LogP contribution in [0.3, 0.4) is 0 Å². The minimum Gasteiger partial charge on any atom is -0.403 e. The third-order valence-electron chi connectivity index (χ3n) is 3.87. The van der Waals surface area contributed by atoms with Gasteiger partial charge in [0.15, 0.2) is 0 Å². The number of rotatable bonds is 7. The molecule has 3 aromatic heterocycles. The molecule has 29 heavy (non-hydrogen) atoms. The number of aliphatic imine (C=N–C) groups is 1. The van der Waals surface area contributed by atoms with Gasteiger partial charge in [-0.25, -0.2) is 15.0 Å². The number of hydrogen-bond acceptors (Lipinski definition) is 9. The Morgan fingerprint density at radius 3 is 2.55 bits per heavy atom. The number of aromatic nitrogens is 4. The third-order valence-corrected chi connectivity index (χ3v) is 3.87. The van der Waals surface area contributed by atoms with Gasteiger partial charge in [-0.05, 0) is 39.0 Å². The van der Waals surface area contributed by atoms with Gasteiger partial charge in [-0.15, -0.1) is 0 Å². The summed E-state index contributed by atoms with van der Waals surface area (Å²) in [6.07, 6.45) is 4.52. The summed E-state index contributed by atoms with van der Waals surface area (Å²) >= 11 is 0. The topological polar surface area (TPSA) is 135 Å². The monoisotopic (exact) mass is 393 g/mol. The normalized spacial score (nSPS) is 12.8. The van der Waals surface area contributed by atoms with Crippen molar-refractivity contribution in [3.05, 3.63) is 54.7 Å². The molecular weight excluding hydrogens is 370 g/mol. The van der Waals surface area contributed by atoms with E-state index in [1.807, 2.05) is 18.2 Å². The molecule has 0 saturated heterocycles.